The van der Waals surface area contributed by atoms with E-state index in [0.29, 0.717) is 6.61 Å². The molecule has 3 rings (SSSR count). The molecule has 0 bridgehead atoms. The van der Waals surface area contributed by atoms with Gasteiger partial charge in [-0.05, 0) is 30.6 Å². The highest BCUT2D eigenvalue weighted by molar-refractivity contribution is 9.10. The molecule has 1 aliphatic heterocycles. The van der Waals surface area contributed by atoms with Gasteiger partial charge in [0.15, 0.2) is 0 Å². The molecule has 1 aromatic rings. The minimum Gasteiger partial charge on any atom is -0.393 e. The van der Waals surface area contributed by atoms with E-state index in [1.807, 2.05) is 30.4 Å². The fourth-order valence-corrected chi connectivity index (χ4v) is 4.36. The Morgan fingerprint density at radius 1 is 1.23 bits per heavy atom. The molecule has 0 saturated carbocycles. The SMILES string of the molecule is CC1(Br)C(c2ccccc2)=CC=CC1(CO)OCCCN1CCOCC1. The van der Waals surface area contributed by atoms with Gasteiger partial charge < -0.3 is 14.6 Å². The van der Waals surface area contributed by atoms with E-state index in [0.717, 1.165) is 50.4 Å². The number of benzene rings is 1. The summed E-state index contributed by atoms with van der Waals surface area (Å²) in [4.78, 5) is 2.40. The smallest absolute Gasteiger partial charge is 0.128 e. The lowest BCUT2D eigenvalue weighted by atomic mass is 9.77. The molecule has 1 saturated heterocycles. The van der Waals surface area contributed by atoms with Gasteiger partial charge in [-0.15, -0.1) is 0 Å². The van der Waals surface area contributed by atoms with Crippen molar-refractivity contribution in [2.75, 3.05) is 46.1 Å². The molecule has 0 aromatic heterocycles. The molecule has 0 spiro atoms. The van der Waals surface area contributed by atoms with E-state index < -0.39 is 9.93 Å². The van der Waals surface area contributed by atoms with E-state index in [2.05, 4.69) is 46.0 Å². The zero-order valence-electron chi connectivity index (χ0n) is 15.4. The second kappa shape index (κ2) is 8.81. The summed E-state index contributed by atoms with van der Waals surface area (Å²) in [5.74, 6) is 0. The molecule has 1 fully saturated rings. The van der Waals surface area contributed by atoms with Crippen LogP contribution in [0.15, 0.2) is 48.6 Å². The Bertz CT molecular complexity index is 638. The molecule has 2 atom stereocenters. The molecule has 2 unspecified atom stereocenters. The summed E-state index contributed by atoms with van der Waals surface area (Å²) < 4.78 is 11.2. The Hall–Kier alpha value is -0.980. The van der Waals surface area contributed by atoms with Crippen molar-refractivity contribution in [1.29, 1.82) is 0 Å². The molecular weight excluding hydrogens is 394 g/mol. The van der Waals surface area contributed by atoms with Crippen molar-refractivity contribution >= 4 is 21.5 Å². The van der Waals surface area contributed by atoms with Crippen molar-refractivity contribution < 1.29 is 14.6 Å². The van der Waals surface area contributed by atoms with Crippen molar-refractivity contribution in [3.8, 4) is 0 Å². The van der Waals surface area contributed by atoms with Crippen LogP contribution < -0.4 is 0 Å². The number of halogens is 1. The zero-order valence-corrected chi connectivity index (χ0v) is 17.0. The Kier molecular flexibility index (Phi) is 6.70. The highest BCUT2D eigenvalue weighted by atomic mass is 79.9. The van der Waals surface area contributed by atoms with Crippen molar-refractivity contribution in [1.82, 2.24) is 4.90 Å². The van der Waals surface area contributed by atoms with E-state index in [1.165, 1.54) is 0 Å². The van der Waals surface area contributed by atoms with Crippen LogP contribution in [0.25, 0.3) is 5.57 Å². The van der Waals surface area contributed by atoms with Crippen LogP contribution in [0.4, 0.5) is 0 Å². The fraction of sp³-hybridized carbons (Fsp3) is 0.524. The summed E-state index contributed by atoms with van der Waals surface area (Å²) in [7, 11) is 0. The quantitative estimate of drug-likeness (QED) is 0.541. The number of allylic oxidation sites excluding steroid dienone is 2. The van der Waals surface area contributed by atoms with E-state index >= 15 is 0 Å². The largest absolute Gasteiger partial charge is 0.393 e. The van der Waals surface area contributed by atoms with E-state index in [4.69, 9.17) is 9.47 Å². The number of ether oxygens (including phenoxy) is 2. The third-order valence-electron chi connectivity index (χ3n) is 5.33. The van der Waals surface area contributed by atoms with E-state index in [-0.39, 0.29) is 6.61 Å². The van der Waals surface area contributed by atoms with Gasteiger partial charge >= 0.3 is 0 Å². The Morgan fingerprint density at radius 2 is 1.96 bits per heavy atom. The van der Waals surface area contributed by atoms with Crippen LogP contribution >= 0.6 is 15.9 Å². The number of morpholine rings is 1. The van der Waals surface area contributed by atoms with E-state index in [9.17, 15) is 5.11 Å². The third-order valence-corrected chi connectivity index (χ3v) is 6.43. The summed E-state index contributed by atoms with van der Waals surface area (Å²) in [6.07, 6.45) is 6.99. The van der Waals surface area contributed by atoms with E-state index in [1.54, 1.807) is 0 Å². The first-order valence-electron chi connectivity index (χ1n) is 9.28. The van der Waals surface area contributed by atoms with Crippen LogP contribution in [-0.2, 0) is 9.47 Å². The van der Waals surface area contributed by atoms with Crippen molar-refractivity contribution in [3.63, 3.8) is 0 Å². The lowest BCUT2D eigenvalue weighted by molar-refractivity contribution is -0.0590. The predicted octanol–water partition coefficient (Wildman–Crippen LogP) is 3.26. The molecule has 26 heavy (non-hydrogen) atoms. The first-order valence-corrected chi connectivity index (χ1v) is 10.1. The minimum atomic E-state index is -0.780. The zero-order chi connectivity index (χ0) is 18.5. The van der Waals surface area contributed by atoms with Crippen LogP contribution in [0.5, 0.6) is 0 Å². The second-order valence-corrected chi connectivity index (χ2v) is 8.60. The molecule has 5 heteroatoms. The number of aliphatic hydroxyl groups is 1. The van der Waals surface area contributed by atoms with Gasteiger partial charge in [0.1, 0.15) is 5.60 Å². The summed E-state index contributed by atoms with van der Waals surface area (Å²) in [5, 5.41) is 10.2. The molecule has 4 nitrogen and oxygen atoms in total. The molecule has 1 heterocycles. The highest BCUT2D eigenvalue weighted by Gasteiger charge is 2.49. The summed E-state index contributed by atoms with van der Waals surface area (Å²) >= 11 is 3.88. The first-order chi connectivity index (χ1) is 12.6. The van der Waals surface area contributed by atoms with Gasteiger partial charge in [-0.2, -0.15) is 0 Å². The molecule has 142 valence electrons. The third kappa shape index (κ3) is 4.12. The molecular formula is C21H28BrNO3. The average molecular weight is 422 g/mol. The number of hydrogen-bond donors (Lipinski definition) is 1. The van der Waals surface area contributed by atoms with Gasteiger partial charge in [0.2, 0.25) is 0 Å². The number of alkyl halides is 1. The molecule has 0 radical (unpaired) electrons. The van der Waals surface area contributed by atoms with Crippen LogP contribution in [0.2, 0.25) is 0 Å². The molecule has 1 aliphatic carbocycles. The standard InChI is InChI=1S/C21H28BrNO3/c1-20(22)19(18-7-3-2-4-8-18)9-5-10-21(20,17-24)26-14-6-11-23-12-15-25-16-13-23/h2-5,7-10,24H,6,11-17H2,1H3. The first kappa shape index (κ1) is 19.8. The average Bonchev–Trinajstić information content (AvgIpc) is 2.67. The number of aliphatic hydroxyl groups excluding tert-OH is 1. The normalized spacial score (nSPS) is 29.6. The number of hydrogen-bond acceptors (Lipinski definition) is 4. The Balaban J connectivity index is 1.65. The topological polar surface area (TPSA) is 41.9 Å². The van der Waals surface area contributed by atoms with Gasteiger partial charge in [-0.3, -0.25) is 4.90 Å². The second-order valence-electron chi connectivity index (χ2n) is 7.01. The maximum Gasteiger partial charge on any atom is 0.128 e. The Labute approximate surface area is 164 Å². The molecule has 1 aromatic carbocycles. The monoisotopic (exact) mass is 421 g/mol. The summed E-state index contributed by atoms with van der Waals surface area (Å²) in [6.45, 7) is 7.20. The van der Waals surface area contributed by atoms with Crippen LogP contribution in [0.1, 0.15) is 18.9 Å². The van der Waals surface area contributed by atoms with Gasteiger partial charge in [0, 0.05) is 26.2 Å². The minimum absolute atomic E-state index is 0.0764. The number of nitrogens with zero attached hydrogens (tertiary/aromatic N) is 1. The maximum atomic E-state index is 10.2. The summed E-state index contributed by atoms with van der Waals surface area (Å²) in [5.41, 5.74) is 1.46. The lowest BCUT2D eigenvalue weighted by Crippen LogP contribution is -2.53. The van der Waals surface area contributed by atoms with Crippen molar-refractivity contribution in [2.24, 2.45) is 0 Å². The molecule has 1 N–H and O–H groups in total. The van der Waals surface area contributed by atoms with Crippen molar-refractivity contribution in [2.45, 2.75) is 23.3 Å². The van der Waals surface area contributed by atoms with Crippen LogP contribution in [0, 0.1) is 0 Å². The number of rotatable bonds is 7. The fourth-order valence-electron chi connectivity index (χ4n) is 3.62. The van der Waals surface area contributed by atoms with Gasteiger partial charge in [-0.25, -0.2) is 0 Å². The van der Waals surface area contributed by atoms with Crippen LogP contribution in [0.3, 0.4) is 0 Å². The molecule has 2 aliphatic rings. The highest BCUT2D eigenvalue weighted by Crippen LogP contribution is 2.48. The summed E-state index contributed by atoms with van der Waals surface area (Å²) in [6, 6.07) is 10.2. The predicted molar refractivity (Wildman–Crippen MR) is 109 cm³/mol. The Morgan fingerprint density at radius 3 is 2.65 bits per heavy atom. The van der Waals surface area contributed by atoms with Gasteiger partial charge in [-0.1, -0.05) is 58.4 Å². The van der Waals surface area contributed by atoms with Gasteiger partial charge in [0.05, 0.1) is 24.1 Å². The lowest BCUT2D eigenvalue weighted by Gasteiger charge is -2.45. The molecule has 0 amide bonds. The van der Waals surface area contributed by atoms with Crippen molar-refractivity contribution in [3.05, 3.63) is 54.1 Å². The van der Waals surface area contributed by atoms with Gasteiger partial charge in [0.25, 0.3) is 0 Å². The maximum absolute atomic E-state index is 10.2. The van der Waals surface area contributed by atoms with Crippen LogP contribution in [-0.4, -0.2) is 66.0 Å².